The molecule has 0 saturated carbocycles. The van der Waals surface area contributed by atoms with Gasteiger partial charge in [-0.2, -0.15) is 0 Å². The highest BCUT2D eigenvalue weighted by molar-refractivity contribution is 5.84. The predicted molar refractivity (Wildman–Crippen MR) is 111 cm³/mol. The second kappa shape index (κ2) is 6.06. The van der Waals surface area contributed by atoms with Gasteiger partial charge in [-0.1, -0.05) is 60.2 Å². The molecule has 3 heteroatoms. The van der Waals surface area contributed by atoms with Crippen LogP contribution in [0.15, 0.2) is 78.9 Å². The highest BCUT2D eigenvalue weighted by atomic mass is 15.1. The molecule has 0 amide bonds. The van der Waals surface area contributed by atoms with Crippen molar-refractivity contribution in [1.82, 2.24) is 14.4 Å². The summed E-state index contributed by atoms with van der Waals surface area (Å²) in [5.74, 6) is 0.730. The molecule has 0 atom stereocenters. The van der Waals surface area contributed by atoms with Crippen LogP contribution in [-0.2, 0) is 0 Å². The highest BCUT2D eigenvalue weighted by Gasteiger charge is 2.15. The fraction of sp³-hybridized carbons (Fsp3) is 0.0833. The van der Waals surface area contributed by atoms with Crippen LogP contribution in [0.25, 0.3) is 39.3 Å². The van der Waals surface area contributed by atoms with Gasteiger partial charge in [0, 0.05) is 11.1 Å². The van der Waals surface area contributed by atoms with E-state index in [9.17, 15) is 0 Å². The Balaban J connectivity index is 1.91. The average molecular weight is 349 g/mol. The molecule has 0 N–H and O–H groups in total. The third-order valence-corrected chi connectivity index (χ3v) is 5.01. The van der Waals surface area contributed by atoms with E-state index in [0.717, 1.165) is 33.8 Å². The lowest BCUT2D eigenvalue weighted by Gasteiger charge is -2.12. The van der Waals surface area contributed by atoms with E-state index in [4.69, 9.17) is 9.97 Å². The van der Waals surface area contributed by atoms with Gasteiger partial charge in [0.2, 0.25) is 5.78 Å². The maximum absolute atomic E-state index is 4.89. The maximum atomic E-state index is 4.89. The fourth-order valence-corrected chi connectivity index (χ4v) is 3.67. The van der Waals surface area contributed by atoms with Crippen molar-refractivity contribution in [3.05, 3.63) is 90.0 Å². The topological polar surface area (TPSA) is 30.2 Å². The van der Waals surface area contributed by atoms with Gasteiger partial charge in [0.05, 0.1) is 22.4 Å². The van der Waals surface area contributed by atoms with Gasteiger partial charge in [0.1, 0.15) is 0 Å². The SMILES string of the molecule is Cc1cccc(-c2cc(-c3ccccc3C)n3c(n2)nc2ccccc23)c1. The lowest BCUT2D eigenvalue weighted by atomic mass is 10.0. The molecule has 0 radical (unpaired) electrons. The zero-order chi connectivity index (χ0) is 18.4. The van der Waals surface area contributed by atoms with E-state index >= 15 is 0 Å². The number of aryl methyl sites for hydroxylation is 2. The van der Waals surface area contributed by atoms with Gasteiger partial charge < -0.3 is 0 Å². The molecule has 0 aliphatic heterocycles. The van der Waals surface area contributed by atoms with Crippen LogP contribution in [0.1, 0.15) is 11.1 Å². The smallest absolute Gasteiger partial charge is 0.235 e. The van der Waals surface area contributed by atoms with Crippen LogP contribution in [0.4, 0.5) is 0 Å². The normalized spacial score (nSPS) is 11.3. The summed E-state index contributed by atoms with van der Waals surface area (Å²) in [5.41, 5.74) is 8.86. The Kier molecular flexibility index (Phi) is 3.54. The first-order valence-electron chi connectivity index (χ1n) is 9.12. The molecule has 0 aliphatic rings. The van der Waals surface area contributed by atoms with Crippen LogP contribution in [0.3, 0.4) is 0 Å². The highest BCUT2D eigenvalue weighted by Crippen LogP contribution is 2.31. The Hall–Kier alpha value is -3.46. The quantitative estimate of drug-likeness (QED) is 0.401. The van der Waals surface area contributed by atoms with Crippen molar-refractivity contribution in [1.29, 1.82) is 0 Å². The minimum atomic E-state index is 0.730. The van der Waals surface area contributed by atoms with Crippen molar-refractivity contribution < 1.29 is 0 Å². The van der Waals surface area contributed by atoms with E-state index < -0.39 is 0 Å². The minimum Gasteiger partial charge on any atom is -0.276 e. The number of imidazole rings is 1. The van der Waals surface area contributed by atoms with E-state index in [-0.39, 0.29) is 0 Å². The molecule has 5 rings (SSSR count). The summed E-state index contributed by atoms with van der Waals surface area (Å²) in [5, 5.41) is 0. The summed E-state index contributed by atoms with van der Waals surface area (Å²) in [6.45, 7) is 4.25. The molecule has 3 nitrogen and oxygen atoms in total. The molecule has 3 aromatic carbocycles. The van der Waals surface area contributed by atoms with Gasteiger partial charge in [-0.05, 0) is 43.7 Å². The third-order valence-electron chi connectivity index (χ3n) is 5.01. The minimum absolute atomic E-state index is 0.730. The van der Waals surface area contributed by atoms with Crippen LogP contribution < -0.4 is 0 Å². The summed E-state index contributed by atoms with van der Waals surface area (Å²) >= 11 is 0. The third kappa shape index (κ3) is 2.59. The summed E-state index contributed by atoms with van der Waals surface area (Å²) < 4.78 is 2.16. The maximum Gasteiger partial charge on any atom is 0.235 e. The molecule has 0 saturated heterocycles. The van der Waals surface area contributed by atoms with E-state index in [1.807, 2.05) is 18.2 Å². The second-order valence-corrected chi connectivity index (χ2v) is 6.95. The van der Waals surface area contributed by atoms with Crippen molar-refractivity contribution >= 4 is 16.8 Å². The summed E-state index contributed by atoms with van der Waals surface area (Å²) in [6.07, 6.45) is 0. The number of para-hydroxylation sites is 2. The van der Waals surface area contributed by atoms with E-state index in [2.05, 4.69) is 78.9 Å². The Bertz CT molecular complexity index is 1300. The zero-order valence-corrected chi connectivity index (χ0v) is 15.3. The molecule has 0 unspecified atom stereocenters. The Morgan fingerprint density at radius 3 is 2.41 bits per heavy atom. The van der Waals surface area contributed by atoms with Gasteiger partial charge >= 0.3 is 0 Å². The van der Waals surface area contributed by atoms with E-state index in [0.29, 0.717) is 0 Å². The van der Waals surface area contributed by atoms with Gasteiger partial charge in [0.25, 0.3) is 0 Å². The first-order chi connectivity index (χ1) is 13.2. The number of rotatable bonds is 2. The van der Waals surface area contributed by atoms with Crippen molar-refractivity contribution in [3.8, 4) is 22.5 Å². The number of benzene rings is 3. The second-order valence-electron chi connectivity index (χ2n) is 6.95. The standard InChI is InChI=1S/C24H19N3/c1-16-8-7-10-18(14-16)21-15-23(19-11-4-3-9-17(19)2)27-22-13-6-5-12-20(22)25-24(27)26-21/h3-15H,1-2H3. The number of aromatic nitrogens is 3. The van der Waals surface area contributed by atoms with Crippen molar-refractivity contribution in [2.45, 2.75) is 13.8 Å². The molecule has 0 bridgehead atoms. The van der Waals surface area contributed by atoms with Crippen LogP contribution in [-0.4, -0.2) is 14.4 Å². The van der Waals surface area contributed by atoms with E-state index in [1.165, 1.54) is 16.7 Å². The molecule has 0 fully saturated rings. The fourth-order valence-electron chi connectivity index (χ4n) is 3.67. The van der Waals surface area contributed by atoms with Gasteiger partial charge in [0.15, 0.2) is 0 Å². The monoisotopic (exact) mass is 349 g/mol. The number of hydrogen-bond acceptors (Lipinski definition) is 2. The van der Waals surface area contributed by atoms with Crippen molar-refractivity contribution in [2.24, 2.45) is 0 Å². The van der Waals surface area contributed by atoms with E-state index in [1.54, 1.807) is 0 Å². The first-order valence-corrected chi connectivity index (χ1v) is 9.12. The van der Waals surface area contributed by atoms with Crippen LogP contribution in [0, 0.1) is 13.8 Å². The molecule has 0 aliphatic carbocycles. The van der Waals surface area contributed by atoms with Crippen molar-refractivity contribution in [2.75, 3.05) is 0 Å². The number of nitrogens with zero attached hydrogens (tertiary/aromatic N) is 3. The van der Waals surface area contributed by atoms with Gasteiger partial charge in [-0.25, -0.2) is 9.97 Å². The lowest BCUT2D eigenvalue weighted by Crippen LogP contribution is -1.98. The summed E-state index contributed by atoms with van der Waals surface area (Å²) in [7, 11) is 0. The summed E-state index contributed by atoms with van der Waals surface area (Å²) in [6, 6.07) is 27.3. The molecular weight excluding hydrogens is 330 g/mol. The van der Waals surface area contributed by atoms with Crippen LogP contribution in [0.2, 0.25) is 0 Å². The molecule has 2 heterocycles. The predicted octanol–water partition coefficient (Wildman–Crippen LogP) is 5.83. The van der Waals surface area contributed by atoms with Gasteiger partial charge in [-0.3, -0.25) is 4.40 Å². The zero-order valence-electron chi connectivity index (χ0n) is 15.3. The van der Waals surface area contributed by atoms with Crippen LogP contribution in [0.5, 0.6) is 0 Å². The molecule has 0 spiro atoms. The summed E-state index contributed by atoms with van der Waals surface area (Å²) in [4.78, 5) is 9.68. The van der Waals surface area contributed by atoms with Crippen LogP contribution >= 0.6 is 0 Å². The molecule has 130 valence electrons. The molecule has 27 heavy (non-hydrogen) atoms. The van der Waals surface area contributed by atoms with Gasteiger partial charge in [-0.15, -0.1) is 0 Å². The average Bonchev–Trinajstić information content (AvgIpc) is 3.06. The largest absolute Gasteiger partial charge is 0.276 e. The first kappa shape index (κ1) is 15.8. The Labute approximate surface area is 158 Å². The van der Waals surface area contributed by atoms with Crippen molar-refractivity contribution in [3.63, 3.8) is 0 Å². The number of fused-ring (bicyclic) bond motifs is 3. The molecule has 2 aromatic heterocycles. The molecular formula is C24H19N3. The Morgan fingerprint density at radius 2 is 1.56 bits per heavy atom. The Morgan fingerprint density at radius 1 is 0.741 bits per heavy atom. The number of hydrogen-bond donors (Lipinski definition) is 0. The molecule has 5 aromatic rings. The lowest BCUT2D eigenvalue weighted by molar-refractivity contribution is 1.14.